The Hall–Kier alpha value is -1.55. The first-order chi connectivity index (χ1) is 13.5. The van der Waals surface area contributed by atoms with Crippen molar-refractivity contribution in [2.75, 3.05) is 28.3 Å². The smallest absolute Gasteiger partial charge is 0.137 e. The Morgan fingerprint density at radius 1 is 1.11 bits per heavy atom. The summed E-state index contributed by atoms with van der Waals surface area (Å²) in [5.74, 6) is 0.765. The van der Waals surface area contributed by atoms with Crippen LogP contribution in [0.1, 0.15) is 43.7 Å². The van der Waals surface area contributed by atoms with Gasteiger partial charge >= 0.3 is 0 Å². The highest BCUT2D eigenvalue weighted by Crippen LogP contribution is 2.43. The molecular weight excluding hydrogens is 368 g/mol. The maximum absolute atomic E-state index is 6.16. The standard InChI is InChI=1S/C16H25ClN2O.C8H10/c1-18-13-7-9-16(10-8-13,19(2)3)12-5-6-14(17)15(11-12)20-4;1-2-8-6-4-3-5-7-8/h5-6,11,13,18H,7-10H2,1-4H3;3-7H,2H2,1H3. The molecule has 0 radical (unpaired) electrons. The third-order valence-electron chi connectivity index (χ3n) is 6.02. The molecule has 3 nitrogen and oxygen atoms in total. The lowest BCUT2D eigenvalue weighted by atomic mass is 9.74. The minimum Gasteiger partial charge on any atom is -0.495 e. The fourth-order valence-electron chi connectivity index (χ4n) is 4.04. The molecule has 0 unspecified atom stereocenters. The molecule has 1 N–H and O–H groups in total. The van der Waals surface area contributed by atoms with Crippen molar-refractivity contribution in [2.45, 2.75) is 50.6 Å². The molecule has 1 saturated carbocycles. The van der Waals surface area contributed by atoms with Gasteiger partial charge in [-0.25, -0.2) is 0 Å². The SMILES string of the molecule is CCc1ccccc1.CNC1CCC(c2ccc(Cl)c(OC)c2)(N(C)C)CC1. The second-order valence-corrected chi connectivity index (χ2v) is 8.08. The number of hydrogen-bond acceptors (Lipinski definition) is 3. The first-order valence-electron chi connectivity index (χ1n) is 10.2. The molecule has 4 heteroatoms. The van der Waals surface area contributed by atoms with Crippen LogP contribution in [0.5, 0.6) is 5.75 Å². The van der Waals surface area contributed by atoms with E-state index in [4.69, 9.17) is 16.3 Å². The van der Waals surface area contributed by atoms with Crippen molar-refractivity contribution >= 4 is 11.6 Å². The average molecular weight is 403 g/mol. The molecule has 0 spiro atoms. The number of hydrogen-bond donors (Lipinski definition) is 1. The molecule has 154 valence electrons. The zero-order chi connectivity index (χ0) is 20.6. The molecule has 0 aliphatic heterocycles. The summed E-state index contributed by atoms with van der Waals surface area (Å²) in [5.41, 5.74) is 2.80. The number of ether oxygens (including phenoxy) is 1. The van der Waals surface area contributed by atoms with Gasteiger partial charge in [-0.1, -0.05) is 54.9 Å². The van der Waals surface area contributed by atoms with Crippen LogP contribution < -0.4 is 10.1 Å². The zero-order valence-corrected chi connectivity index (χ0v) is 18.7. The summed E-state index contributed by atoms with van der Waals surface area (Å²) in [6.07, 6.45) is 5.83. The fourth-order valence-corrected chi connectivity index (χ4v) is 4.24. The average Bonchev–Trinajstić information content (AvgIpc) is 2.75. The third-order valence-corrected chi connectivity index (χ3v) is 6.33. The lowest BCUT2D eigenvalue weighted by Crippen LogP contribution is -2.47. The summed E-state index contributed by atoms with van der Waals surface area (Å²) in [4.78, 5) is 2.35. The van der Waals surface area contributed by atoms with Crippen LogP contribution in [0.15, 0.2) is 48.5 Å². The van der Waals surface area contributed by atoms with Crippen LogP contribution in [0.2, 0.25) is 5.02 Å². The van der Waals surface area contributed by atoms with Crippen molar-refractivity contribution < 1.29 is 4.74 Å². The van der Waals surface area contributed by atoms with Gasteiger partial charge < -0.3 is 10.1 Å². The van der Waals surface area contributed by atoms with E-state index in [-0.39, 0.29) is 5.54 Å². The summed E-state index contributed by atoms with van der Waals surface area (Å²) in [6, 6.07) is 17.3. The second-order valence-electron chi connectivity index (χ2n) is 7.68. The number of halogens is 1. The van der Waals surface area contributed by atoms with Gasteiger partial charge in [-0.05, 0) is 76.5 Å². The van der Waals surface area contributed by atoms with Gasteiger partial charge in [-0.2, -0.15) is 0 Å². The zero-order valence-electron chi connectivity index (χ0n) is 18.0. The Morgan fingerprint density at radius 3 is 2.21 bits per heavy atom. The lowest BCUT2D eigenvalue weighted by molar-refractivity contribution is 0.0868. The highest BCUT2D eigenvalue weighted by Gasteiger charge is 2.38. The van der Waals surface area contributed by atoms with Crippen LogP contribution in [0.3, 0.4) is 0 Å². The number of methoxy groups -OCH3 is 1. The van der Waals surface area contributed by atoms with Crippen LogP contribution in [0.25, 0.3) is 0 Å². The van der Waals surface area contributed by atoms with E-state index in [0.29, 0.717) is 11.1 Å². The van der Waals surface area contributed by atoms with E-state index >= 15 is 0 Å². The number of rotatable bonds is 5. The minimum atomic E-state index is 0.0885. The van der Waals surface area contributed by atoms with Gasteiger partial charge in [-0.15, -0.1) is 0 Å². The Balaban J connectivity index is 0.000000292. The molecule has 1 fully saturated rings. The molecule has 0 saturated heterocycles. The fraction of sp³-hybridized carbons (Fsp3) is 0.500. The van der Waals surface area contributed by atoms with Crippen LogP contribution in [0, 0.1) is 0 Å². The number of nitrogens with one attached hydrogen (secondary N) is 1. The largest absolute Gasteiger partial charge is 0.495 e. The van der Waals surface area contributed by atoms with E-state index in [2.05, 4.69) is 74.7 Å². The van der Waals surface area contributed by atoms with Gasteiger partial charge in [0.2, 0.25) is 0 Å². The molecule has 3 rings (SSSR count). The highest BCUT2D eigenvalue weighted by molar-refractivity contribution is 6.32. The molecule has 0 amide bonds. The molecule has 0 bridgehead atoms. The van der Waals surface area contributed by atoms with E-state index in [9.17, 15) is 0 Å². The maximum atomic E-state index is 6.16. The van der Waals surface area contributed by atoms with Gasteiger partial charge in [0.15, 0.2) is 0 Å². The summed E-state index contributed by atoms with van der Waals surface area (Å²) < 4.78 is 5.38. The Kier molecular flexibility index (Phi) is 8.81. The van der Waals surface area contributed by atoms with Gasteiger partial charge in [-0.3, -0.25) is 4.90 Å². The van der Waals surface area contributed by atoms with Gasteiger partial charge in [0.25, 0.3) is 0 Å². The molecular formula is C24H35ClN2O. The maximum Gasteiger partial charge on any atom is 0.137 e. The third kappa shape index (κ3) is 5.50. The quantitative estimate of drug-likeness (QED) is 0.712. The first kappa shape index (κ1) is 22.7. The van der Waals surface area contributed by atoms with E-state index in [1.165, 1.54) is 24.0 Å². The number of benzene rings is 2. The Bertz CT molecular complexity index is 710. The van der Waals surface area contributed by atoms with Crippen LogP contribution in [-0.4, -0.2) is 39.2 Å². The predicted molar refractivity (Wildman–Crippen MR) is 121 cm³/mol. The van der Waals surface area contributed by atoms with Crippen LogP contribution in [-0.2, 0) is 12.0 Å². The Morgan fingerprint density at radius 2 is 1.75 bits per heavy atom. The van der Waals surface area contributed by atoms with E-state index in [1.54, 1.807) is 7.11 Å². The van der Waals surface area contributed by atoms with Gasteiger partial charge in [0.05, 0.1) is 12.1 Å². The predicted octanol–water partition coefficient (Wildman–Crippen LogP) is 5.52. The lowest BCUT2D eigenvalue weighted by Gasteiger charge is -2.45. The topological polar surface area (TPSA) is 24.5 Å². The summed E-state index contributed by atoms with van der Waals surface area (Å²) in [6.45, 7) is 2.16. The van der Waals surface area contributed by atoms with E-state index < -0.39 is 0 Å². The number of aryl methyl sites for hydroxylation is 1. The summed E-state index contributed by atoms with van der Waals surface area (Å²) in [7, 11) is 8.06. The van der Waals surface area contributed by atoms with Crippen molar-refractivity contribution in [1.82, 2.24) is 10.2 Å². The normalized spacial score (nSPS) is 21.8. The van der Waals surface area contributed by atoms with E-state index in [1.807, 2.05) is 12.1 Å². The molecule has 0 atom stereocenters. The van der Waals surface area contributed by atoms with Gasteiger partial charge in [0.1, 0.15) is 5.75 Å². The van der Waals surface area contributed by atoms with Crippen molar-refractivity contribution in [2.24, 2.45) is 0 Å². The van der Waals surface area contributed by atoms with Crippen molar-refractivity contribution in [3.05, 3.63) is 64.7 Å². The highest BCUT2D eigenvalue weighted by atomic mass is 35.5. The molecule has 1 aliphatic carbocycles. The summed E-state index contributed by atoms with van der Waals surface area (Å²) in [5, 5.41) is 4.07. The van der Waals surface area contributed by atoms with Crippen LogP contribution in [0.4, 0.5) is 0 Å². The van der Waals surface area contributed by atoms with Crippen molar-refractivity contribution in [3.8, 4) is 5.75 Å². The Labute approximate surface area is 176 Å². The molecule has 28 heavy (non-hydrogen) atoms. The number of nitrogens with zero attached hydrogens (tertiary/aromatic N) is 1. The summed E-state index contributed by atoms with van der Waals surface area (Å²) >= 11 is 6.16. The molecule has 2 aromatic carbocycles. The minimum absolute atomic E-state index is 0.0885. The molecule has 2 aromatic rings. The van der Waals surface area contributed by atoms with Crippen LogP contribution >= 0.6 is 11.6 Å². The molecule has 0 heterocycles. The monoisotopic (exact) mass is 402 g/mol. The van der Waals surface area contributed by atoms with Gasteiger partial charge in [0, 0.05) is 11.6 Å². The van der Waals surface area contributed by atoms with Crippen molar-refractivity contribution in [3.63, 3.8) is 0 Å². The molecule has 1 aliphatic rings. The molecule has 0 aromatic heterocycles. The van der Waals surface area contributed by atoms with Crippen molar-refractivity contribution in [1.29, 1.82) is 0 Å². The second kappa shape index (κ2) is 10.8. The van der Waals surface area contributed by atoms with E-state index in [0.717, 1.165) is 25.0 Å². The first-order valence-corrected chi connectivity index (χ1v) is 10.6.